The molecular formula is C10H7F4NO3. The molecule has 1 aromatic rings. The topological polar surface area (TPSA) is 56.3 Å². The first-order chi connectivity index (χ1) is 8.27. The van der Waals surface area contributed by atoms with Crippen LogP contribution in [0.5, 0.6) is 0 Å². The van der Waals surface area contributed by atoms with E-state index in [2.05, 4.69) is 9.72 Å². The van der Waals surface area contributed by atoms with Gasteiger partial charge in [0.05, 0.1) is 12.2 Å². The summed E-state index contributed by atoms with van der Waals surface area (Å²) in [6.45, 7) is 1.31. The Balaban J connectivity index is 3.07. The fraction of sp³-hybridized carbons (Fsp3) is 0.300. The zero-order valence-corrected chi connectivity index (χ0v) is 9.05. The number of ketones is 1. The smallest absolute Gasteiger partial charge is 0.433 e. The van der Waals surface area contributed by atoms with Crippen molar-refractivity contribution >= 4 is 11.8 Å². The number of hydrogen-bond acceptors (Lipinski definition) is 4. The molecule has 0 amide bonds. The van der Waals surface area contributed by atoms with Gasteiger partial charge in [-0.3, -0.25) is 4.79 Å². The molecule has 0 aliphatic heterocycles. The summed E-state index contributed by atoms with van der Waals surface area (Å²) >= 11 is 0. The van der Waals surface area contributed by atoms with Crippen molar-refractivity contribution in [2.45, 2.75) is 13.1 Å². The number of Topliss-reactive ketones (excluding diaryl/α,β-unsaturated/α-hetero) is 1. The molecule has 0 aliphatic carbocycles. The van der Waals surface area contributed by atoms with Crippen molar-refractivity contribution in [1.82, 2.24) is 4.98 Å². The van der Waals surface area contributed by atoms with Crippen LogP contribution in [0.25, 0.3) is 0 Å². The van der Waals surface area contributed by atoms with Gasteiger partial charge in [-0.2, -0.15) is 17.6 Å². The van der Waals surface area contributed by atoms with Gasteiger partial charge >= 0.3 is 12.1 Å². The van der Waals surface area contributed by atoms with Crippen LogP contribution in [0.4, 0.5) is 17.6 Å². The van der Waals surface area contributed by atoms with Crippen LogP contribution in [-0.2, 0) is 15.7 Å². The summed E-state index contributed by atoms with van der Waals surface area (Å²) in [5.74, 6) is -4.39. The van der Waals surface area contributed by atoms with Gasteiger partial charge in [0.25, 0.3) is 5.78 Å². The van der Waals surface area contributed by atoms with Gasteiger partial charge in [0, 0.05) is 0 Å². The Kier molecular flexibility index (Phi) is 4.00. The second-order valence-electron chi connectivity index (χ2n) is 3.08. The van der Waals surface area contributed by atoms with E-state index in [1.54, 1.807) is 0 Å². The highest BCUT2D eigenvalue weighted by molar-refractivity contribution is 6.40. The van der Waals surface area contributed by atoms with Crippen molar-refractivity contribution in [3.63, 3.8) is 0 Å². The number of nitrogens with zero attached hydrogens (tertiary/aromatic N) is 1. The minimum Gasteiger partial charge on any atom is -0.460 e. The first-order valence-corrected chi connectivity index (χ1v) is 4.72. The van der Waals surface area contributed by atoms with E-state index in [4.69, 9.17) is 0 Å². The van der Waals surface area contributed by atoms with Gasteiger partial charge in [0.15, 0.2) is 0 Å². The zero-order valence-electron chi connectivity index (χ0n) is 9.05. The minimum absolute atomic E-state index is 0.111. The standard InChI is InChI=1S/C10H7F4NO3/c1-2-18-9(17)7(16)5-3-4-6(10(12,13)14)15-8(5)11/h3-4H,2H2,1H3. The first kappa shape index (κ1) is 14.1. The quantitative estimate of drug-likeness (QED) is 0.276. The van der Waals surface area contributed by atoms with E-state index in [0.717, 1.165) is 0 Å². The van der Waals surface area contributed by atoms with Gasteiger partial charge in [0.1, 0.15) is 5.69 Å². The summed E-state index contributed by atoms with van der Waals surface area (Å²) in [7, 11) is 0. The van der Waals surface area contributed by atoms with Gasteiger partial charge in [-0.15, -0.1) is 0 Å². The monoisotopic (exact) mass is 265 g/mol. The molecule has 18 heavy (non-hydrogen) atoms. The third-order valence-corrected chi connectivity index (χ3v) is 1.84. The van der Waals surface area contributed by atoms with Gasteiger partial charge in [-0.05, 0) is 19.1 Å². The zero-order chi connectivity index (χ0) is 13.9. The molecule has 8 heteroatoms. The molecule has 1 aromatic heterocycles. The van der Waals surface area contributed by atoms with Crippen molar-refractivity contribution in [2.75, 3.05) is 6.61 Å². The number of carbonyl (C=O) groups excluding carboxylic acids is 2. The third-order valence-electron chi connectivity index (χ3n) is 1.84. The lowest BCUT2D eigenvalue weighted by Gasteiger charge is -2.07. The van der Waals surface area contributed by atoms with E-state index in [9.17, 15) is 27.2 Å². The lowest BCUT2D eigenvalue weighted by molar-refractivity contribution is -0.141. The molecule has 0 aromatic carbocycles. The van der Waals surface area contributed by atoms with Crippen LogP contribution in [-0.4, -0.2) is 23.3 Å². The maximum Gasteiger partial charge on any atom is 0.433 e. The predicted octanol–water partition coefficient (Wildman–Crippen LogP) is 1.99. The van der Waals surface area contributed by atoms with Crippen LogP contribution in [0.15, 0.2) is 12.1 Å². The van der Waals surface area contributed by atoms with E-state index < -0.39 is 35.1 Å². The summed E-state index contributed by atoms with van der Waals surface area (Å²) in [5, 5.41) is 0. The Morgan fingerprint density at radius 2 is 1.94 bits per heavy atom. The number of halogens is 4. The SMILES string of the molecule is CCOC(=O)C(=O)c1ccc(C(F)(F)F)nc1F. The molecule has 98 valence electrons. The van der Waals surface area contributed by atoms with Crippen LogP contribution in [0, 0.1) is 5.95 Å². The summed E-state index contributed by atoms with van der Waals surface area (Å²) in [6, 6.07) is 0.958. The summed E-state index contributed by atoms with van der Waals surface area (Å²) in [5.41, 5.74) is -2.35. The van der Waals surface area contributed by atoms with Gasteiger partial charge in [-0.1, -0.05) is 0 Å². The van der Waals surface area contributed by atoms with E-state index in [1.807, 2.05) is 0 Å². The first-order valence-electron chi connectivity index (χ1n) is 4.72. The molecule has 0 atom stereocenters. The Morgan fingerprint density at radius 1 is 1.33 bits per heavy atom. The van der Waals surface area contributed by atoms with E-state index in [0.29, 0.717) is 12.1 Å². The number of carbonyl (C=O) groups is 2. The maximum absolute atomic E-state index is 13.2. The lowest BCUT2D eigenvalue weighted by atomic mass is 10.1. The minimum atomic E-state index is -4.83. The van der Waals surface area contributed by atoms with Crippen molar-refractivity contribution in [3.05, 3.63) is 29.3 Å². The highest BCUT2D eigenvalue weighted by atomic mass is 19.4. The van der Waals surface area contributed by atoms with Crippen molar-refractivity contribution in [1.29, 1.82) is 0 Å². The number of esters is 1. The van der Waals surface area contributed by atoms with E-state index in [1.165, 1.54) is 6.92 Å². The van der Waals surface area contributed by atoms with Gasteiger partial charge < -0.3 is 4.74 Å². The molecule has 0 aliphatic rings. The maximum atomic E-state index is 13.2. The normalized spacial score (nSPS) is 11.2. The largest absolute Gasteiger partial charge is 0.460 e. The average molecular weight is 265 g/mol. The number of pyridine rings is 1. The molecule has 0 bridgehead atoms. The molecule has 0 spiro atoms. The Hall–Kier alpha value is -1.99. The van der Waals surface area contributed by atoms with Crippen LogP contribution in [0.3, 0.4) is 0 Å². The number of aromatic nitrogens is 1. The number of hydrogen-bond donors (Lipinski definition) is 0. The molecular weight excluding hydrogens is 258 g/mol. The molecule has 0 fully saturated rings. The highest BCUT2D eigenvalue weighted by Gasteiger charge is 2.34. The van der Waals surface area contributed by atoms with Gasteiger partial charge in [0.2, 0.25) is 5.95 Å². The fourth-order valence-electron chi connectivity index (χ4n) is 1.07. The van der Waals surface area contributed by atoms with Crippen LogP contribution in [0.2, 0.25) is 0 Å². The molecule has 1 rings (SSSR count). The van der Waals surface area contributed by atoms with Crippen LogP contribution in [0.1, 0.15) is 23.0 Å². The number of ether oxygens (including phenoxy) is 1. The summed E-state index contributed by atoms with van der Waals surface area (Å²) in [4.78, 5) is 24.9. The van der Waals surface area contributed by atoms with E-state index >= 15 is 0 Å². The average Bonchev–Trinajstić information content (AvgIpc) is 2.27. The number of alkyl halides is 3. The summed E-state index contributed by atoms with van der Waals surface area (Å²) < 4.78 is 54.0. The molecule has 1 heterocycles. The number of rotatable bonds is 3. The van der Waals surface area contributed by atoms with Crippen LogP contribution >= 0.6 is 0 Å². The van der Waals surface area contributed by atoms with Crippen molar-refractivity contribution in [2.24, 2.45) is 0 Å². The van der Waals surface area contributed by atoms with Crippen molar-refractivity contribution < 1.29 is 31.9 Å². The Bertz CT molecular complexity index is 485. The predicted molar refractivity (Wildman–Crippen MR) is 50.2 cm³/mol. The Morgan fingerprint density at radius 3 is 2.39 bits per heavy atom. The fourth-order valence-corrected chi connectivity index (χ4v) is 1.07. The molecule has 0 unspecified atom stereocenters. The third kappa shape index (κ3) is 3.02. The van der Waals surface area contributed by atoms with Gasteiger partial charge in [-0.25, -0.2) is 9.78 Å². The molecule has 0 saturated heterocycles. The molecule has 0 N–H and O–H groups in total. The van der Waals surface area contributed by atoms with Crippen LogP contribution < -0.4 is 0 Å². The Labute approximate surface area is 98.6 Å². The molecule has 0 saturated carbocycles. The summed E-state index contributed by atoms with van der Waals surface area (Å²) in [6.07, 6.45) is -4.83. The van der Waals surface area contributed by atoms with Crippen molar-refractivity contribution in [3.8, 4) is 0 Å². The van der Waals surface area contributed by atoms with E-state index in [-0.39, 0.29) is 6.61 Å². The molecule has 4 nitrogen and oxygen atoms in total. The lowest BCUT2D eigenvalue weighted by Crippen LogP contribution is -2.20. The highest BCUT2D eigenvalue weighted by Crippen LogP contribution is 2.28. The second-order valence-corrected chi connectivity index (χ2v) is 3.08. The molecule has 0 radical (unpaired) electrons. The second kappa shape index (κ2) is 5.11.